The smallest absolute Gasteiger partial charge is 0.325 e. The largest absolute Gasteiger partial charge is 0.350 e. The van der Waals surface area contributed by atoms with Crippen LogP contribution in [0.15, 0.2) is 24.3 Å². The number of carbonyl (C=O) groups is 3. The van der Waals surface area contributed by atoms with Crippen LogP contribution in [0.1, 0.15) is 19.4 Å². The van der Waals surface area contributed by atoms with Crippen molar-refractivity contribution in [3.8, 4) is 0 Å². The molecule has 1 aromatic rings. The van der Waals surface area contributed by atoms with Gasteiger partial charge in [0.1, 0.15) is 12.1 Å². The Morgan fingerprint density at radius 1 is 1.29 bits per heavy atom. The number of nitrogens with one attached hydrogen (secondary N) is 2. The molecule has 1 aromatic carbocycles. The Morgan fingerprint density at radius 3 is 2.43 bits per heavy atom. The fourth-order valence-electron chi connectivity index (χ4n) is 1.96. The van der Waals surface area contributed by atoms with Gasteiger partial charge in [-0.1, -0.05) is 23.7 Å². The topological polar surface area (TPSA) is 78.5 Å². The highest BCUT2D eigenvalue weighted by Gasteiger charge is 2.44. The van der Waals surface area contributed by atoms with Gasteiger partial charge < -0.3 is 10.6 Å². The summed E-state index contributed by atoms with van der Waals surface area (Å²) in [5.74, 6) is -0.805. The number of hydrogen-bond acceptors (Lipinski definition) is 3. The second-order valence-corrected chi connectivity index (χ2v) is 5.79. The molecule has 6 nitrogen and oxygen atoms in total. The molecule has 1 aliphatic heterocycles. The maximum Gasteiger partial charge on any atom is 0.325 e. The molecule has 1 heterocycles. The Kier molecular flexibility index (Phi) is 4.18. The van der Waals surface area contributed by atoms with Crippen molar-refractivity contribution in [2.75, 3.05) is 6.54 Å². The predicted molar refractivity (Wildman–Crippen MR) is 77.6 cm³/mol. The zero-order valence-electron chi connectivity index (χ0n) is 11.8. The molecule has 2 rings (SSSR count). The van der Waals surface area contributed by atoms with Crippen LogP contribution in [0.5, 0.6) is 0 Å². The summed E-state index contributed by atoms with van der Waals surface area (Å²) in [6.07, 6.45) is 0. The molecule has 0 aliphatic carbocycles. The van der Waals surface area contributed by atoms with Crippen LogP contribution in [0.3, 0.4) is 0 Å². The monoisotopic (exact) mass is 309 g/mol. The van der Waals surface area contributed by atoms with Crippen molar-refractivity contribution in [1.82, 2.24) is 15.5 Å². The lowest BCUT2D eigenvalue weighted by molar-refractivity contribution is -0.134. The first kappa shape index (κ1) is 15.3. The number of imide groups is 1. The Balaban J connectivity index is 1.89. The van der Waals surface area contributed by atoms with Gasteiger partial charge >= 0.3 is 6.03 Å². The second-order valence-electron chi connectivity index (χ2n) is 5.35. The SMILES string of the molecule is CC1(C)NC(=O)N(CC(=O)NCc2ccc(Cl)cc2)C1=O. The molecule has 0 spiro atoms. The summed E-state index contributed by atoms with van der Waals surface area (Å²) in [4.78, 5) is 36.3. The number of amides is 4. The van der Waals surface area contributed by atoms with Crippen molar-refractivity contribution in [3.63, 3.8) is 0 Å². The van der Waals surface area contributed by atoms with E-state index < -0.39 is 23.4 Å². The number of benzene rings is 1. The van der Waals surface area contributed by atoms with Gasteiger partial charge in [0.2, 0.25) is 5.91 Å². The molecular weight excluding hydrogens is 294 g/mol. The molecule has 0 aromatic heterocycles. The second kappa shape index (κ2) is 5.73. The summed E-state index contributed by atoms with van der Waals surface area (Å²) in [5.41, 5.74) is -0.0849. The van der Waals surface area contributed by atoms with Crippen LogP contribution in [0, 0.1) is 0 Å². The van der Waals surface area contributed by atoms with Gasteiger partial charge in [-0.2, -0.15) is 0 Å². The van der Waals surface area contributed by atoms with E-state index in [0.29, 0.717) is 11.6 Å². The summed E-state index contributed by atoms with van der Waals surface area (Å²) in [6.45, 7) is 3.21. The third-order valence-corrected chi connectivity index (χ3v) is 3.40. The normalized spacial score (nSPS) is 16.8. The number of rotatable bonds is 4. The lowest BCUT2D eigenvalue weighted by atomic mass is 10.1. The maximum atomic E-state index is 11.9. The number of urea groups is 1. The van der Waals surface area contributed by atoms with Crippen molar-refractivity contribution < 1.29 is 14.4 Å². The number of nitrogens with zero attached hydrogens (tertiary/aromatic N) is 1. The molecule has 7 heteroatoms. The van der Waals surface area contributed by atoms with Crippen molar-refractivity contribution in [2.45, 2.75) is 25.9 Å². The lowest BCUT2D eigenvalue weighted by Gasteiger charge is -2.15. The number of carbonyl (C=O) groups excluding carboxylic acids is 3. The molecule has 1 saturated heterocycles. The summed E-state index contributed by atoms with van der Waals surface area (Å²) in [7, 11) is 0. The fourth-order valence-corrected chi connectivity index (χ4v) is 2.09. The zero-order chi connectivity index (χ0) is 15.6. The van der Waals surface area contributed by atoms with Crippen LogP contribution in [0.4, 0.5) is 4.79 Å². The van der Waals surface area contributed by atoms with Gasteiger partial charge in [-0.05, 0) is 31.5 Å². The Morgan fingerprint density at radius 2 is 1.90 bits per heavy atom. The van der Waals surface area contributed by atoms with Crippen LogP contribution >= 0.6 is 11.6 Å². The van der Waals surface area contributed by atoms with Crippen LogP contribution in [-0.2, 0) is 16.1 Å². The van der Waals surface area contributed by atoms with Gasteiger partial charge in [-0.3, -0.25) is 14.5 Å². The van der Waals surface area contributed by atoms with Crippen molar-refractivity contribution in [3.05, 3.63) is 34.9 Å². The molecule has 0 unspecified atom stereocenters. The first-order valence-electron chi connectivity index (χ1n) is 6.45. The summed E-state index contributed by atoms with van der Waals surface area (Å²) < 4.78 is 0. The average Bonchev–Trinajstić information content (AvgIpc) is 2.60. The van der Waals surface area contributed by atoms with Crippen LogP contribution in [0.25, 0.3) is 0 Å². The molecule has 4 amide bonds. The number of halogens is 1. The van der Waals surface area contributed by atoms with Crippen molar-refractivity contribution in [1.29, 1.82) is 0 Å². The van der Waals surface area contributed by atoms with E-state index in [-0.39, 0.29) is 6.54 Å². The van der Waals surface area contributed by atoms with Crippen molar-refractivity contribution >= 4 is 29.4 Å². The molecule has 0 radical (unpaired) electrons. The van der Waals surface area contributed by atoms with E-state index in [1.165, 1.54) is 0 Å². The van der Waals surface area contributed by atoms with E-state index >= 15 is 0 Å². The molecule has 0 saturated carbocycles. The predicted octanol–water partition coefficient (Wildman–Crippen LogP) is 1.29. The minimum Gasteiger partial charge on any atom is -0.350 e. The highest BCUT2D eigenvalue weighted by atomic mass is 35.5. The fraction of sp³-hybridized carbons (Fsp3) is 0.357. The molecule has 2 N–H and O–H groups in total. The molecular formula is C14H16ClN3O3. The summed E-state index contributed by atoms with van der Waals surface area (Å²) >= 11 is 5.77. The first-order valence-corrected chi connectivity index (χ1v) is 6.82. The molecule has 0 atom stereocenters. The average molecular weight is 310 g/mol. The minimum atomic E-state index is -0.965. The zero-order valence-corrected chi connectivity index (χ0v) is 12.5. The van der Waals surface area contributed by atoms with E-state index in [1.807, 2.05) is 0 Å². The summed E-state index contributed by atoms with van der Waals surface area (Å²) in [6, 6.07) is 6.48. The molecule has 1 fully saturated rings. The van der Waals surface area contributed by atoms with Gasteiger partial charge in [0.05, 0.1) is 0 Å². The van der Waals surface area contributed by atoms with Gasteiger partial charge in [0.15, 0.2) is 0 Å². The number of hydrogen-bond donors (Lipinski definition) is 2. The van der Waals surface area contributed by atoms with Crippen molar-refractivity contribution in [2.24, 2.45) is 0 Å². The van der Waals surface area contributed by atoms with Gasteiger partial charge in [-0.25, -0.2) is 4.79 Å². The molecule has 21 heavy (non-hydrogen) atoms. The molecule has 112 valence electrons. The maximum absolute atomic E-state index is 11.9. The van der Waals surface area contributed by atoms with Gasteiger partial charge in [0.25, 0.3) is 5.91 Å². The Hall–Kier alpha value is -2.08. The molecule has 0 bridgehead atoms. The van der Waals surface area contributed by atoms with E-state index in [1.54, 1.807) is 38.1 Å². The Bertz CT molecular complexity index is 584. The quantitative estimate of drug-likeness (QED) is 0.823. The highest BCUT2D eigenvalue weighted by Crippen LogP contribution is 2.16. The first-order chi connectivity index (χ1) is 9.79. The standard InChI is InChI=1S/C14H16ClN3O3/c1-14(2)12(20)18(13(21)17-14)8-11(19)16-7-9-3-5-10(15)6-4-9/h3-6H,7-8H2,1-2H3,(H,16,19)(H,17,21). The lowest BCUT2D eigenvalue weighted by Crippen LogP contribution is -2.43. The van der Waals surface area contributed by atoms with E-state index in [4.69, 9.17) is 11.6 Å². The third kappa shape index (κ3) is 3.52. The van der Waals surface area contributed by atoms with Gasteiger partial charge in [-0.15, -0.1) is 0 Å². The third-order valence-electron chi connectivity index (χ3n) is 3.15. The van der Waals surface area contributed by atoms with Crippen LogP contribution in [-0.4, -0.2) is 34.8 Å². The minimum absolute atomic E-state index is 0.290. The van der Waals surface area contributed by atoms with Gasteiger partial charge in [0, 0.05) is 11.6 Å². The summed E-state index contributed by atoms with van der Waals surface area (Å²) in [5, 5.41) is 5.80. The van der Waals surface area contributed by atoms with E-state index in [9.17, 15) is 14.4 Å². The van der Waals surface area contributed by atoms with Crippen LogP contribution < -0.4 is 10.6 Å². The van der Waals surface area contributed by atoms with Crippen LogP contribution in [0.2, 0.25) is 5.02 Å². The molecule has 1 aliphatic rings. The van der Waals surface area contributed by atoms with E-state index in [2.05, 4.69) is 10.6 Å². The Labute approximate surface area is 127 Å². The highest BCUT2D eigenvalue weighted by molar-refractivity contribution is 6.30. The van der Waals surface area contributed by atoms with E-state index in [0.717, 1.165) is 10.5 Å².